The molecule has 0 radical (unpaired) electrons. The number of phenolic OH excluding ortho intramolecular Hbond substituents is 1. The lowest BCUT2D eigenvalue weighted by atomic mass is 10.2. The summed E-state index contributed by atoms with van der Waals surface area (Å²) in [5.41, 5.74) is 1.62. The van der Waals surface area contributed by atoms with Gasteiger partial charge in [-0.3, -0.25) is 0 Å². The third-order valence-corrected chi connectivity index (χ3v) is 3.79. The first-order chi connectivity index (χ1) is 8.24. The Balaban J connectivity index is 2.23. The summed E-state index contributed by atoms with van der Waals surface area (Å²) < 4.78 is 1.10. The largest absolute Gasteiger partial charge is 0.507 e. The van der Waals surface area contributed by atoms with E-state index in [-0.39, 0.29) is 5.75 Å². The summed E-state index contributed by atoms with van der Waals surface area (Å²) >= 11 is 7.47. The van der Waals surface area contributed by atoms with Crippen molar-refractivity contribution in [2.45, 2.75) is 0 Å². The lowest BCUT2D eigenvalue weighted by molar-refractivity contribution is 0.477. The van der Waals surface area contributed by atoms with Gasteiger partial charge in [0.2, 0.25) is 0 Å². The van der Waals surface area contributed by atoms with E-state index in [2.05, 4.69) is 4.98 Å². The van der Waals surface area contributed by atoms with Crippen LogP contribution in [0.25, 0.3) is 20.8 Å². The highest BCUT2D eigenvalue weighted by atomic mass is 35.5. The molecule has 1 aromatic heterocycles. The molecule has 0 saturated carbocycles. The Bertz CT molecular complexity index is 660. The fraction of sp³-hybridized carbons (Fsp3) is 0. The summed E-state index contributed by atoms with van der Waals surface area (Å²) in [7, 11) is 0. The van der Waals surface area contributed by atoms with Crippen LogP contribution in [0.4, 0.5) is 0 Å². The monoisotopic (exact) mass is 261 g/mol. The van der Waals surface area contributed by atoms with E-state index >= 15 is 0 Å². The number of para-hydroxylation sites is 1. The van der Waals surface area contributed by atoms with E-state index < -0.39 is 0 Å². The van der Waals surface area contributed by atoms with Crippen LogP contribution in [0.15, 0.2) is 42.5 Å². The normalized spacial score (nSPS) is 10.9. The first-order valence-electron chi connectivity index (χ1n) is 5.08. The molecule has 0 saturated heterocycles. The Labute approximate surface area is 107 Å². The number of aromatic nitrogens is 1. The van der Waals surface area contributed by atoms with Crippen LogP contribution < -0.4 is 0 Å². The van der Waals surface area contributed by atoms with Crippen molar-refractivity contribution in [3.63, 3.8) is 0 Å². The van der Waals surface area contributed by atoms with Crippen LogP contribution in [-0.4, -0.2) is 10.1 Å². The zero-order valence-electron chi connectivity index (χ0n) is 8.72. The first kappa shape index (κ1) is 10.6. The summed E-state index contributed by atoms with van der Waals surface area (Å²) in [5.74, 6) is 0.202. The second kappa shape index (κ2) is 4.02. The van der Waals surface area contributed by atoms with Gasteiger partial charge in [-0.2, -0.15) is 0 Å². The second-order valence-corrected chi connectivity index (χ2v) is 5.12. The lowest BCUT2D eigenvalue weighted by Crippen LogP contribution is -1.77. The van der Waals surface area contributed by atoms with Gasteiger partial charge >= 0.3 is 0 Å². The van der Waals surface area contributed by atoms with Crippen LogP contribution in [0.5, 0.6) is 5.75 Å². The summed E-state index contributed by atoms with van der Waals surface area (Å²) in [6.45, 7) is 0. The van der Waals surface area contributed by atoms with Gasteiger partial charge in [0.1, 0.15) is 10.8 Å². The van der Waals surface area contributed by atoms with E-state index in [9.17, 15) is 5.11 Å². The smallest absolute Gasteiger partial charge is 0.128 e. The predicted octanol–water partition coefficient (Wildman–Crippen LogP) is 4.32. The molecule has 0 fully saturated rings. The molecule has 0 aliphatic carbocycles. The van der Waals surface area contributed by atoms with Crippen molar-refractivity contribution in [2.75, 3.05) is 0 Å². The SMILES string of the molecule is Oc1ccc(Cl)cc1-c1nc2ccccc2s1. The van der Waals surface area contributed by atoms with Crippen LogP contribution in [-0.2, 0) is 0 Å². The van der Waals surface area contributed by atoms with Crippen molar-refractivity contribution in [2.24, 2.45) is 0 Å². The summed E-state index contributed by atoms with van der Waals surface area (Å²) in [5, 5.41) is 11.2. The van der Waals surface area contributed by atoms with Gasteiger partial charge in [-0.1, -0.05) is 23.7 Å². The molecular weight excluding hydrogens is 254 g/mol. The summed E-state index contributed by atoms with van der Waals surface area (Å²) in [6, 6.07) is 12.9. The van der Waals surface area contributed by atoms with E-state index in [4.69, 9.17) is 11.6 Å². The fourth-order valence-corrected chi connectivity index (χ4v) is 2.83. The molecule has 1 N–H and O–H groups in total. The molecule has 1 heterocycles. The van der Waals surface area contributed by atoms with Gasteiger partial charge in [0, 0.05) is 5.02 Å². The molecule has 0 spiro atoms. The topological polar surface area (TPSA) is 33.1 Å². The maximum atomic E-state index is 9.82. The van der Waals surface area contributed by atoms with Gasteiger partial charge in [-0.05, 0) is 30.3 Å². The van der Waals surface area contributed by atoms with E-state index in [1.165, 1.54) is 0 Å². The molecule has 0 bridgehead atoms. The maximum absolute atomic E-state index is 9.82. The molecule has 17 heavy (non-hydrogen) atoms. The zero-order valence-corrected chi connectivity index (χ0v) is 10.3. The number of halogens is 1. The number of aromatic hydroxyl groups is 1. The molecule has 4 heteroatoms. The van der Waals surface area contributed by atoms with E-state index in [0.29, 0.717) is 10.6 Å². The van der Waals surface area contributed by atoms with Gasteiger partial charge in [-0.25, -0.2) is 4.98 Å². The fourth-order valence-electron chi connectivity index (χ4n) is 1.67. The molecule has 0 atom stereocenters. The number of benzene rings is 2. The molecule has 0 aliphatic heterocycles. The molecule has 0 unspecified atom stereocenters. The molecule has 0 amide bonds. The van der Waals surface area contributed by atoms with Gasteiger partial charge < -0.3 is 5.11 Å². The molecule has 3 aromatic rings. The number of hydrogen-bond acceptors (Lipinski definition) is 3. The lowest BCUT2D eigenvalue weighted by Gasteiger charge is -2.00. The maximum Gasteiger partial charge on any atom is 0.128 e. The average Bonchev–Trinajstić information content (AvgIpc) is 2.75. The average molecular weight is 262 g/mol. The van der Waals surface area contributed by atoms with Crippen molar-refractivity contribution in [3.05, 3.63) is 47.5 Å². The van der Waals surface area contributed by atoms with Crippen LogP contribution in [0, 0.1) is 0 Å². The highest BCUT2D eigenvalue weighted by molar-refractivity contribution is 7.21. The predicted molar refractivity (Wildman–Crippen MR) is 71.7 cm³/mol. The minimum absolute atomic E-state index is 0.202. The van der Waals surface area contributed by atoms with Crippen molar-refractivity contribution in [1.29, 1.82) is 0 Å². The number of fused-ring (bicyclic) bond motifs is 1. The first-order valence-corrected chi connectivity index (χ1v) is 6.28. The number of phenols is 1. The van der Waals surface area contributed by atoms with E-state index in [0.717, 1.165) is 15.2 Å². The number of rotatable bonds is 1. The molecule has 2 nitrogen and oxygen atoms in total. The van der Waals surface area contributed by atoms with Gasteiger partial charge in [0.25, 0.3) is 0 Å². The Morgan fingerprint density at radius 1 is 1.12 bits per heavy atom. The molecule has 2 aromatic carbocycles. The second-order valence-electron chi connectivity index (χ2n) is 3.65. The summed E-state index contributed by atoms with van der Waals surface area (Å²) in [6.07, 6.45) is 0. The number of thiazole rings is 1. The third kappa shape index (κ3) is 1.88. The quantitative estimate of drug-likeness (QED) is 0.708. The molecular formula is C13H8ClNOS. The van der Waals surface area contributed by atoms with Crippen molar-refractivity contribution >= 4 is 33.2 Å². The summed E-state index contributed by atoms with van der Waals surface area (Å²) in [4.78, 5) is 4.48. The van der Waals surface area contributed by atoms with E-state index in [1.807, 2.05) is 24.3 Å². The Hall–Kier alpha value is -1.58. The molecule has 0 aliphatic rings. The Morgan fingerprint density at radius 3 is 2.76 bits per heavy atom. The Kier molecular flexibility index (Phi) is 2.50. The minimum atomic E-state index is 0.202. The van der Waals surface area contributed by atoms with Crippen LogP contribution in [0.3, 0.4) is 0 Å². The van der Waals surface area contributed by atoms with Gasteiger partial charge in [0.05, 0.1) is 15.8 Å². The number of hydrogen-bond donors (Lipinski definition) is 1. The third-order valence-electron chi connectivity index (χ3n) is 2.48. The highest BCUT2D eigenvalue weighted by Crippen LogP contribution is 2.36. The minimum Gasteiger partial charge on any atom is -0.507 e. The van der Waals surface area contributed by atoms with Gasteiger partial charge in [0.15, 0.2) is 0 Å². The molecule has 3 rings (SSSR count). The van der Waals surface area contributed by atoms with Crippen molar-refractivity contribution in [3.8, 4) is 16.3 Å². The zero-order chi connectivity index (χ0) is 11.8. The van der Waals surface area contributed by atoms with Crippen LogP contribution >= 0.6 is 22.9 Å². The van der Waals surface area contributed by atoms with E-state index in [1.54, 1.807) is 29.5 Å². The highest BCUT2D eigenvalue weighted by Gasteiger charge is 2.10. The van der Waals surface area contributed by atoms with Gasteiger partial charge in [-0.15, -0.1) is 11.3 Å². The molecule has 84 valence electrons. The Morgan fingerprint density at radius 2 is 1.94 bits per heavy atom. The van der Waals surface area contributed by atoms with Crippen molar-refractivity contribution < 1.29 is 5.11 Å². The standard InChI is InChI=1S/C13H8ClNOS/c14-8-5-6-11(16)9(7-8)13-15-10-3-1-2-4-12(10)17-13/h1-7,16H. The van der Waals surface area contributed by atoms with Crippen LogP contribution in [0.1, 0.15) is 0 Å². The number of nitrogens with zero attached hydrogens (tertiary/aromatic N) is 1. The van der Waals surface area contributed by atoms with Crippen LogP contribution in [0.2, 0.25) is 5.02 Å². The van der Waals surface area contributed by atoms with Crippen molar-refractivity contribution in [1.82, 2.24) is 4.98 Å².